The van der Waals surface area contributed by atoms with Crippen LogP contribution in [0.15, 0.2) is 0 Å². The van der Waals surface area contributed by atoms with E-state index < -0.39 is 6.10 Å². The number of nitrogens with zero attached hydrogens (tertiary/aromatic N) is 1. The molecule has 0 aromatic rings. The Balaban J connectivity index is 0. The average Bonchev–Trinajstić information content (AvgIpc) is 2.48. The van der Waals surface area contributed by atoms with Crippen LogP contribution in [0.1, 0.15) is 71.1 Å². The van der Waals surface area contributed by atoms with E-state index in [1.807, 2.05) is 0 Å². The predicted octanol–water partition coefficient (Wildman–Crippen LogP) is 5.29. The van der Waals surface area contributed by atoms with Crippen LogP contribution < -0.4 is 0 Å². The molecule has 4 heteroatoms. The molecule has 0 unspecified atom stereocenters. The van der Waals surface area contributed by atoms with E-state index in [4.69, 9.17) is 28.3 Å². The first-order valence-corrected chi connectivity index (χ1v) is 9.60. The number of aliphatic hydroxyl groups excluding tert-OH is 1. The number of aliphatic hydroxyl groups is 1. The fraction of sp³-hybridized carbons (Fsp3) is 1.00. The van der Waals surface area contributed by atoms with E-state index in [0.717, 1.165) is 0 Å². The Morgan fingerprint density at radius 1 is 0.762 bits per heavy atom. The highest BCUT2D eigenvalue weighted by Gasteiger charge is 1.94. The summed E-state index contributed by atoms with van der Waals surface area (Å²) in [5, 5.41) is 8.40. The maximum atomic E-state index is 8.40. The summed E-state index contributed by atoms with van der Waals surface area (Å²) in [6, 6.07) is 0. The lowest BCUT2D eigenvalue weighted by Crippen LogP contribution is -2.12. The smallest absolute Gasteiger partial charge is 0.0810 e. The molecule has 0 amide bonds. The lowest BCUT2D eigenvalue weighted by molar-refractivity contribution is 0.222. The summed E-state index contributed by atoms with van der Waals surface area (Å²) >= 11 is 10.2. The quantitative estimate of drug-likeness (QED) is 0.363. The molecule has 0 aromatic carbocycles. The van der Waals surface area contributed by atoms with Gasteiger partial charge in [0.15, 0.2) is 0 Å². The Kier molecular flexibility index (Phi) is 23.2. The number of unbranched alkanes of at least 4 members (excludes halogenated alkanes) is 9. The molecular weight excluding hydrogens is 305 g/mol. The van der Waals surface area contributed by atoms with Crippen LogP contribution in [0.25, 0.3) is 0 Å². The second-order valence-electron chi connectivity index (χ2n) is 5.95. The van der Waals surface area contributed by atoms with Gasteiger partial charge in [-0.1, -0.05) is 64.7 Å². The maximum absolute atomic E-state index is 8.40. The van der Waals surface area contributed by atoms with Gasteiger partial charge in [-0.2, -0.15) is 0 Å². The zero-order chi connectivity index (χ0) is 16.3. The normalized spacial score (nSPS) is 10.9. The van der Waals surface area contributed by atoms with Crippen LogP contribution in [0, 0.1) is 0 Å². The minimum Gasteiger partial charge on any atom is -0.391 e. The van der Waals surface area contributed by atoms with Crippen molar-refractivity contribution in [1.29, 1.82) is 0 Å². The van der Waals surface area contributed by atoms with E-state index in [-0.39, 0.29) is 11.8 Å². The second kappa shape index (κ2) is 20.5. The topological polar surface area (TPSA) is 23.5 Å². The minimum atomic E-state index is -0.534. The molecule has 0 aliphatic rings. The van der Waals surface area contributed by atoms with E-state index in [2.05, 4.69) is 25.9 Å². The van der Waals surface area contributed by atoms with Crippen molar-refractivity contribution >= 4 is 23.2 Å². The fourth-order valence-electron chi connectivity index (χ4n) is 1.96. The molecule has 0 aliphatic heterocycles. The first-order chi connectivity index (χ1) is 10.1. The average molecular weight is 342 g/mol. The van der Waals surface area contributed by atoms with Crippen LogP contribution in [0.3, 0.4) is 0 Å². The summed E-state index contributed by atoms with van der Waals surface area (Å²) in [5.41, 5.74) is 0. The zero-order valence-electron chi connectivity index (χ0n) is 14.4. The molecule has 0 rings (SSSR count). The Labute approximate surface area is 143 Å². The van der Waals surface area contributed by atoms with Crippen molar-refractivity contribution in [2.45, 2.75) is 77.2 Å². The van der Waals surface area contributed by atoms with Gasteiger partial charge in [0.2, 0.25) is 0 Å². The number of halogens is 2. The fourth-order valence-corrected chi connectivity index (χ4v) is 2.29. The molecular formula is C17H37Cl2NO. The highest BCUT2D eigenvalue weighted by atomic mass is 35.5. The Hall–Kier alpha value is 0.500. The molecule has 21 heavy (non-hydrogen) atoms. The van der Waals surface area contributed by atoms with Crippen molar-refractivity contribution in [1.82, 2.24) is 4.90 Å². The molecule has 0 spiro atoms. The van der Waals surface area contributed by atoms with Gasteiger partial charge in [-0.25, -0.2) is 0 Å². The molecule has 0 atom stereocenters. The van der Waals surface area contributed by atoms with Crippen LogP contribution >= 0.6 is 23.2 Å². The van der Waals surface area contributed by atoms with Crippen molar-refractivity contribution in [3.05, 3.63) is 0 Å². The van der Waals surface area contributed by atoms with Crippen molar-refractivity contribution in [3.63, 3.8) is 0 Å². The van der Waals surface area contributed by atoms with Gasteiger partial charge in [-0.3, -0.25) is 0 Å². The number of hydrogen-bond acceptors (Lipinski definition) is 2. The lowest BCUT2D eigenvalue weighted by atomic mass is 10.1. The molecule has 0 saturated carbocycles. The molecule has 130 valence electrons. The van der Waals surface area contributed by atoms with Crippen molar-refractivity contribution in [2.24, 2.45) is 0 Å². The first kappa shape index (κ1) is 23.8. The maximum Gasteiger partial charge on any atom is 0.0810 e. The molecule has 0 aromatic heterocycles. The van der Waals surface area contributed by atoms with E-state index >= 15 is 0 Å². The van der Waals surface area contributed by atoms with Gasteiger partial charge in [0, 0.05) is 11.8 Å². The third-order valence-corrected chi connectivity index (χ3v) is 4.03. The summed E-state index contributed by atoms with van der Waals surface area (Å²) < 4.78 is 0. The van der Waals surface area contributed by atoms with Crippen LogP contribution in [-0.2, 0) is 0 Å². The van der Waals surface area contributed by atoms with Gasteiger partial charge in [0.05, 0.1) is 6.10 Å². The monoisotopic (exact) mass is 341 g/mol. The van der Waals surface area contributed by atoms with E-state index in [1.54, 1.807) is 0 Å². The largest absolute Gasteiger partial charge is 0.391 e. The Morgan fingerprint density at radius 3 is 1.43 bits per heavy atom. The van der Waals surface area contributed by atoms with Gasteiger partial charge in [-0.15, -0.1) is 23.2 Å². The summed E-state index contributed by atoms with van der Waals surface area (Å²) in [7, 11) is 4.32. The first-order valence-electron chi connectivity index (χ1n) is 8.53. The molecule has 0 aliphatic carbocycles. The highest BCUT2D eigenvalue weighted by molar-refractivity contribution is 6.21. The van der Waals surface area contributed by atoms with E-state index in [9.17, 15) is 0 Å². The Morgan fingerprint density at radius 2 is 1.14 bits per heavy atom. The molecule has 0 heterocycles. The summed E-state index contributed by atoms with van der Waals surface area (Å²) in [4.78, 5) is 2.28. The van der Waals surface area contributed by atoms with Gasteiger partial charge >= 0.3 is 0 Å². The Bertz CT molecular complexity index is 176. The SMILES string of the molecule is CCCCCCCCCCCCN(C)C.OC(CCl)CCl. The second-order valence-corrected chi connectivity index (χ2v) is 6.56. The van der Waals surface area contributed by atoms with Gasteiger partial charge in [0.25, 0.3) is 0 Å². The number of rotatable bonds is 13. The molecule has 0 radical (unpaired) electrons. The molecule has 0 bridgehead atoms. The lowest BCUT2D eigenvalue weighted by Gasteiger charge is -2.08. The third kappa shape index (κ3) is 25.8. The molecule has 1 N–H and O–H groups in total. The molecule has 0 fully saturated rings. The zero-order valence-corrected chi connectivity index (χ0v) is 15.9. The minimum absolute atomic E-state index is 0.226. The summed E-state index contributed by atoms with van der Waals surface area (Å²) in [5.74, 6) is 0.451. The van der Waals surface area contributed by atoms with Crippen molar-refractivity contribution in [2.75, 3.05) is 32.4 Å². The van der Waals surface area contributed by atoms with E-state index in [0.29, 0.717) is 0 Å². The van der Waals surface area contributed by atoms with Crippen LogP contribution in [0.5, 0.6) is 0 Å². The van der Waals surface area contributed by atoms with Gasteiger partial charge in [-0.05, 0) is 27.1 Å². The van der Waals surface area contributed by atoms with Crippen LogP contribution in [-0.4, -0.2) is 48.5 Å². The number of hydrogen-bond donors (Lipinski definition) is 1. The third-order valence-electron chi connectivity index (χ3n) is 3.32. The van der Waals surface area contributed by atoms with Crippen molar-refractivity contribution in [3.8, 4) is 0 Å². The van der Waals surface area contributed by atoms with Gasteiger partial charge in [0.1, 0.15) is 0 Å². The molecule has 0 saturated heterocycles. The van der Waals surface area contributed by atoms with Crippen molar-refractivity contribution < 1.29 is 5.11 Å². The predicted molar refractivity (Wildman–Crippen MR) is 97.8 cm³/mol. The van der Waals surface area contributed by atoms with Gasteiger partial charge < -0.3 is 10.0 Å². The van der Waals surface area contributed by atoms with Crippen LogP contribution in [0.2, 0.25) is 0 Å². The standard InChI is InChI=1S/C14H31N.C3H6Cl2O/c1-4-5-6-7-8-9-10-11-12-13-14-15(2)3;4-1-3(6)2-5/h4-14H2,1-3H3;3,6H,1-2H2. The molecule has 2 nitrogen and oxygen atoms in total. The summed E-state index contributed by atoms with van der Waals surface area (Å²) in [6.45, 7) is 3.54. The number of alkyl halides is 2. The summed E-state index contributed by atoms with van der Waals surface area (Å²) in [6.07, 6.45) is 13.8. The van der Waals surface area contributed by atoms with E-state index in [1.165, 1.54) is 70.8 Å². The van der Waals surface area contributed by atoms with Crippen LogP contribution in [0.4, 0.5) is 0 Å². The highest BCUT2D eigenvalue weighted by Crippen LogP contribution is 2.10.